The van der Waals surface area contributed by atoms with Crippen LogP contribution in [-0.4, -0.2) is 37.2 Å². The largest absolute Gasteiger partial charge is 0.462 e. The van der Waals surface area contributed by atoms with E-state index in [1.54, 1.807) is 0 Å². The van der Waals surface area contributed by atoms with E-state index in [0.29, 0.717) is 19.3 Å². The Balaban J connectivity index is 4.21. The van der Waals surface area contributed by atoms with Crippen LogP contribution >= 0.6 is 0 Å². The van der Waals surface area contributed by atoms with Crippen LogP contribution in [0.4, 0.5) is 0 Å². The van der Waals surface area contributed by atoms with E-state index >= 15 is 0 Å². The fourth-order valence-corrected chi connectivity index (χ4v) is 8.61. The number of rotatable bonds is 56. The van der Waals surface area contributed by atoms with Crippen LogP contribution in [0.3, 0.4) is 0 Å². The molecule has 0 fully saturated rings. The van der Waals surface area contributed by atoms with Gasteiger partial charge in [0, 0.05) is 19.3 Å². The number of allylic oxidation sites excluding steroid dienone is 16. The van der Waals surface area contributed by atoms with Crippen LogP contribution in [0.25, 0.3) is 0 Å². The molecule has 74 heavy (non-hydrogen) atoms. The normalized spacial score (nSPS) is 12.7. The van der Waals surface area contributed by atoms with E-state index in [1.807, 2.05) is 0 Å². The highest BCUT2D eigenvalue weighted by molar-refractivity contribution is 5.71. The summed E-state index contributed by atoms with van der Waals surface area (Å²) in [4.78, 5) is 38.2. The second-order valence-electron chi connectivity index (χ2n) is 20.6. The quantitative estimate of drug-likeness (QED) is 0.0261. The molecule has 0 aliphatic heterocycles. The molecule has 0 aromatic carbocycles. The molecule has 0 bridgehead atoms. The molecule has 0 amide bonds. The van der Waals surface area contributed by atoms with Gasteiger partial charge in [0.2, 0.25) is 0 Å². The predicted molar refractivity (Wildman–Crippen MR) is 320 cm³/mol. The fourth-order valence-electron chi connectivity index (χ4n) is 8.61. The van der Waals surface area contributed by atoms with Gasteiger partial charge in [-0.1, -0.05) is 266 Å². The van der Waals surface area contributed by atoms with Gasteiger partial charge in [-0.15, -0.1) is 0 Å². The molecule has 0 aromatic rings. The van der Waals surface area contributed by atoms with Crippen LogP contribution in [-0.2, 0) is 28.6 Å². The Morgan fingerprint density at radius 2 is 0.554 bits per heavy atom. The Hall–Kier alpha value is -3.67. The number of esters is 3. The van der Waals surface area contributed by atoms with Crippen molar-refractivity contribution in [1.29, 1.82) is 0 Å². The van der Waals surface area contributed by atoms with Gasteiger partial charge in [-0.05, 0) is 109 Å². The molecule has 0 radical (unpaired) electrons. The molecule has 1 unspecified atom stereocenters. The van der Waals surface area contributed by atoms with E-state index in [4.69, 9.17) is 14.2 Å². The summed E-state index contributed by atoms with van der Waals surface area (Å²) < 4.78 is 16.9. The highest BCUT2D eigenvalue weighted by Crippen LogP contribution is 2.16. The summed E-state index contributed by atoms with van der Waals surface area (Å²) in [5, 5.41) is 0. The summed E-state index contributed by atoms with van der Waals surface area (Å²) in [5.74, 6) is -0.908. The van der Waals surface area contributed by atoms with Gasteiger partial charge in [-0.3, -0.25) is 14.4 Å². The minimum atomic E-state index is -0.790. The molecule has 0 aliphatic carbocycles. The minimum absolute atomic E-state index is 0.0862. The van der Waals surface area contributed by atoms with Crippen molar-refractivity contribution in [2.24, 2.45) is 0 Å². The van der Waals surface area contributed by atoms with Crippen molar-refractivity contribution in [2.75, 3.05) is 13.2 Å². The smallest absolute Gasteiger partial charge is 0.306 e. The maximum absolute atomic E-state index is 12.9. The summed E-state index contributed by atoms with van der Waals surface area (Å²) in [6.45, 7) is 6.42. The van der Waals surface area contributed by atoms with Crippen molar-refractivity contribution in [3.63, 3.8) is 0 Å². The average Bonchev–Trinajstić information content (AvgIpc) is 3.40. The van der Waals surface area contributed by atoms with Gasteiger partial charge in [-0.25, -0.2) is 0 Å². The Kier molecular flexibility index (Phi) is 58.8. The van der Waals surface area contributed by atoms with Crippen molar-refractivity contribution < 1.29 is 28.6 Å². The Labute approximate surface area is 457 Å². The number of ether oxygens (including phenoxy) is 3. The second-order valence-corrected chi connectivity index (χ2v) is 20.6. The minimum Gasteiger partial charge on any atom is -0.462 e. The van der Waals surface area contributed by atoms with Crippen LogP contribution in [0, 0.1) is 0 Å². The summed E-state index contributed by atoms with van der Waals surface area (Å²) in [5.41, 5.74) is 0. The van der Waals surface area contributed by atoms with Gasteiger partial charge in [0.1, 0.15) is 13.2 Å². The molecule has 0 heterocycles. The zero-order valence-electron chi connectivity index (χ0n) is 48.6. The maximum atomic E-state index is 12.9. The monoisotopic (exact) mass is 1030 g/mol. The topological polar surface area (TPSA) is 78.9 Å². The van der Waals surface area contributed by atoms with Gasteiger partial charge >= 0.3 is 17.9 Å². The first-order valence-electron chi connectivity index (χ1n) is 31.2. The zero-order valence-corrected chi connectivity index (χ0v) is 48.6. The fraction of sp³-hybridized carbons (Fsp3) is 0.721. The molecular formula is C68H116O6. The average molecular weight is 1030 g/mol. The molecule has 424 valence electrons. The standard InChI is InChI=1S/C68H116O6/c1-4-7-10-13-16-19-22-25-27-28-29-30-31-32-33-34-35-36-37-38-39-40-41-44-46-49-52-55-58-61-67(70)73-64-65(63-72-66(69)60-57-54-51-48-45-42-24-21-18-15-12-9-6-3)74-68(71)62-59-56-53-50-47-43-26-23-20-17-14-11-8-5-2/h7,10,12,14-17,19,21,23-27,29-30,65H,4-6,8-9,11,13,18,20,22,28,31-64H2,1-3H3/b10-7-,15-12-,17-14-,19-16-,24-21-,26-23-,27-25-,30-29-. The highest BCUT2D eigenvalue weighted by atomic mass is 16.6. The van der Waals surface area contributed by atoms with Crippen molar-refractivity contribution in [3.05, 3.63) is 97.2 Å². The van der Waals surface area contributed by atoms with E-state index in [0.717, 1.165) is 141 Å². The molecule has 0 spiro atoms. The lowest BCUT2D eigenvalue weighted by Crippen LogP contribution is -2.30. The second kappa shape index (κ2) is 61.9. The molecular weight excluding hydrogens is 913 g/mol. The summed E-state index contributed by atoms with van der Waals surface area (Å²) in [7, 11) is 0. The van der Waals surface area contributed by atoms with Crippen molar-refractivity contribution in [3.8, 4) is 0 Å². The molecule has 0 aromatic heterocycles. The van der Waals surface area contributed by atoms with Gasteiger partial charge in [0.05, 0.1) is 0 Å². The maximum Gasteiger partial charge on any atom is 0.306 e. The van der Waals surface area contributed by atoms with E-state index in [1.165, 1.54) is 116 Å². The first-order chi connectivity index (χ1) is 36.5. The lowest BCUT2D eigenvalue weighted by atomic mass is 10.0. The van der Waals surface area contributed by atoms with Gasteiger partial charge < -0.3 is 14.2 Å². The third kappa shape index (κ3) is 59.2. The number of unbranched alkanes of at least 4 members (excludes halogenated alkanes) is 29. The summed E-state index contributed by atoms with van der Waals surface area (Å²) in [6.07, 6.45) is 82.8. The van der Waals surface area contributed by atoms with Gasteiger partial charge in [-0.2, -0.15) is 0 Å². The Morgan fingerprint density at radius 3 is 0.878 bits per heavy atom. The number of carbonyl (C=O) groups excluding carboxylic acids is 3. The van der Waals surface area contributed by atoms with Gasteiger partial charge in [0.25, 0.3) is 0 Å². The first-order valence-corrected chi connectivity index (χ1v) is 31.2. The van der Waals surface area contributed by atoms with Crippen molar-refractivity contribution in [2.45, 2.75) is 303 Å². The Morgan fingerprint density at radius 1 is 0.284 bits per heavy atom. The van der Waals surface area contributed by atoms with E-state index in [2.05, 4.69) is 118 Å². The molecule has 0 rings (SSSR count). The SMILES string of the molecule is CC/C=C\C/C=C\C/C=C\C/C=C\CCCCCCCCCCCCCCCCCCC(=O)OCC(COC(=O)CCCCCCC/C=C\C/C=C\CCC)OC(=O)CCCCCCC/C=C\C/C=C\CCCC. The van der Waals surface area contributed by atoms with Crippen LogP contribution in [0.15, 0.2) is 97.2 Å². The number of carbonyl (C=O) groups is 3. The number of hydrogen-bond acceptors (Lipinski definition) is 6. The molecule has 6 heteroatoms. The van der Waals surface area contributed by atoms with Crippen LogP contribution in [0.5, 0.6) is 0 Å². The first kappa shape index (κ1) is 70.3. The third-order valence-electron chi connectivity index (χ3n) is 13.3. The molecule has 0 aliphatic rings. The third-order valence-corrected chi connectivity index (χ3v) is 13.3. The van der Waals surface area contributed by atoms with E-state index in [-0.39, 0.29) is 31.1 Å². The summed E-state index contributed by atoms with van der Waals surface area (Å²) >= 11 is 0. The Bertz CT molecular complexity index is 1460. The molecule has 0 N–H and O–H groups in total. The van der Waals surface area contributed by atoms with Crippen LogP contribution in [0.1, 0.15) is 297 Å². The molecule has 1 atom stereocenters. The molecule has 0 saturated heterocycles. The van der Waals surface area contributed by atoms with Gasteiger partial charge in [0.15, 0.2) is 6.10 Å². The van der Waals surface area contributed by atoms with E-state index in [9.17, 15) is 14.4 Å². The van der Waals surface area contributed by atoms with Crippen LogP contribution in [0.2, 0.25) is 0 Å². The van der Waals surface area contributed by atoms with Crippen molar-refractivity contribution >= 4 is 17.9 Å². The number of hydrogen-bond donors (Lipinski definition) is 0. The molecule has 0 saturated carbocycles. The zero-order chi connectivity index (χ0) is 53.6. The lowest BCUT2D eigenvalue weighted by molar-refractivity contribution is -0.167. The molecule has 6 nitrogen and oxygen atoms in total. The van der Waals surface area contributed by atoms with Crippen molar-refractivity contribution in [1.82, 2.24) is 0 Å². The summed E-state index contributed by atoms with van der Waals surface area (Å²) in [6, 6.07) is 0. The lowest BCUT2D eigenvalue weighted by Gasteiger charge is -2.18. The van der Waals surface area contributed by atoms with E-state index < -0.39 is 6.10 Å². The van der Waals surface area contributed by atoms with Crippen LogP contribution < -0.4 is 0 Å². The highest BCUT2D eigenvalue weighted by Gasteiger charge is 2.19. The predicted octanol–water partition coefficient (Wildman–Crippen LogP) is 21.3.